The van der Waals surface area contributed by atoms with Crippen molar-refractivity contribution in [3.05, 3.63) is 28.2 Å². The third-order valence-electron chi connectivity index (χ3n) is 4.18. The standard InChI is InChI=1S/C15H22BrNO2S/c1-11-7-8-13(12(16)10-11)20(18,19)17-14-6-4-5-9-15(14,2)3/h7-8,10,14,17H,4-6,9H2,1-3H3. The molecule has 0 saturated heterocycles. The number of sulfonamides is 1. The van der Waals surface area contributed by atoms with Gasteiger partial charge < -0.3 is 0 Å². The third kappa shape index (κ3) is 3.43. The molecule has 3 nitrogen and oxygen atoms in total. The van der Waals surface area contributed by atoms with Gasteiger partial charge in [0.15, 0.2) is 0 Å². The summed E-state index contributed by atoms with van der Waals surface area (Å²) in [5, 5.41) is 0. The molecular weight excluding hydrogens is 338 g/mol. The predicted molar refractivity (Wildman–Crippen MR) is 85.2 cm³/mol. The van der Waals surface area contributed by atoms with Gasteiger partial charge in [0.1, 0.15) is 0 Å². The quantitative estimate of drug-likeness (QED) is 0.886. The Morgan fingerprint density at radius 2 is 2.00 bits per heavy atom. The largest absolute Gasteiger partial charge is 0.241 e. The van der Waals surface area contributed by atoms with E-state index in [2.05, 4.69) is 34.5 Å². The normalized spacial score (nSPS) is 22.7. The van der Waals surface area contributed by atoms with Crippen LogP contribution in [0.3, 0.4) is 0 Å². The molecule has 0 heterocycles. The molecule has 1 saturated carbocycles. The van der Waals surface area contributed by atoms with Gasteiger partial charge in [-0.05, 0) is 58.8 Å². The molecule has 1 aliphatic rings. The molecule has 1 aromatic carbocycles. The van der Waals surface area contributed by atoms with E-state index in [1.807, 2.05) is 19.1 Å². The average Bonchev–Trinajstić information content (AvgIpc) is 2.31. The maximum Gasteiger partial charge on any atom is 0.241 e. The molecule has 2 rings (SSSR count). The van der Waals surface area contributed by atoms with E-state index in [1.165, 1.54) is 6.42 Å². The molecular formula is C15H22BrNO2S. The van der Waals surface area contributed by atoms with Gasteiger partial charge in [-0.15, -0.1) is 0 Å². The fourth-order valence-electron chi connectivity index (χ4n) is 2.79. The first-order valence-corrected chi connectivity index (χ1v) is 9.28. The SMILES string of the molecule is Cc1ccc(S(=O)(=O)NC2CCCCC2(C)C)c(Br)c1. The Hall–Kier alpha value is -0.390. The van der Waals surface area contributed by atoms with Gasteiger partial charge in [-0.1, -0.05) is 32.8 Å². The van der Waals surface area contributed by atoms with Gasteiger partial charge in [-0.2, -0.15) is 0 Å². The zero-order valence-corrected chi connectivity index (χ0v) is 14.6. The van der Waals surface area contributed by atoms with Crippen molar-refractivity contribution in [2.24, 2.45) is 5.41 Å². The molecule has 0 bridgehead atoms. The van der Waals surface area contributed by atoms with E-state index in [-0.39, 0.29) is 11.5 Å². The maximum absolute atomic E-state index is 12.6. The molecule has 1 atom stereocenters. The van der Waals surface area contributed by atoms with Crippen molar-refractivity contribution in [3.8, 4) is 0 Å². The molecule has 0 aliphatic heterocycles. The van der Waals surface area contributed by atoms with Crippen LogP contribution in [0.2, 0.25) is 0 Å². The summed E-state index contributed by atoms with van der Waals surface area (Å²) in [5.74, 6) is 0. The lowest BCUT2D eigenvalue weighted by atomic mass is 9.74. The van der Waals surface area contributed by atoms with E-state index in [4.69, 9.17) is 0 Å². The molecule has 1 fully saturated rings. The molecule has 1 N–H and O–H groups in total. The van der Waals surface area contributed by atoms with Crippen LogP contribution in [0.5, 0.6) is 0 Å². The van der Waals surface area contributed by atoms with Gasteiger partial charge in [0, 0.05) is 10.5 Å². The molecule has 1 unspecified atom stereocenters. The van der Waals surface area contributed by atoms with Gasteiger partial charge in [-0.25, -0.2) is 13.1 Å². The van der Waals surface area contributed by atoms with Crippen molar-refractivity contribution < 1.29 is 8.42 Å². The van der Waals surface area contributed by atoms with Crippen LogP contribution in [-0.2, 0) is 10.0 Å². The second kappa shape index (κ2) is 5.78. The van der Waals surface area contributed by atoms with E-state index in [9.17, 15) is 8.42 Å². The van der Waals surface area contributed by atoms with Gasteiger partial charge in [0.2, 0.25) is 10.0 Å². The summed E-state index contributed by atoms with van der Waals surface area (Å²) < 4.78 is 28.7. The molecule has 1 aromatic rings. The maximum atomic E-state index is 12.6. The Kier molecular flexibility index (Phi) is 4.62. The smallest absolute Gasteiger partial charge is 0.208 e. The monoisotopic (exact) mass is 359 g/mol. The number of benzene rings is 1. The fraction of sp³-hybridized carbons (Fsp3) is 0.600. The predicted octanol–water partition coefficient (Wildman–Crippen LogP) is 4.00. The zero-order valence-electron chi connectivity index (χ0n) is 12.2. The van der Waals surface area contributed by atoms with Gasteiger partial charge in [0.25, 0.3) is 0 Å². The van der Waals surface area contributed by atoms with Crippen LogP contribution in [0.4, 0.5) is 0 Å². The summed E-state index contributed by atoms with van der Waals surface area (Å²) in [6.07, 6.45) is 4.25. The molecule has 0 amide bonds. The highest BCUT2D eigenvalue weighted by Crippen LogP contribution is 2.36. The summed E-state index contributed by atoms with van der Waals surface area (Å²) >= 11 is 3.36. The van der Waals surface area contributed by atoms with Crippen molar-refractivity contribution in [3.63, 3.8) is 0 Å². The second-order valence-corrected chi connectivity index (χ2v) is 8.88. The molecule has 5 heteroatoms. The van der Waals surface area contributed by atoms with Gasteiger partial charge >= 0.3 is 0 Å². The van der Waals surface area contributed by atoms with Crippen molar-refractivity contribution in [1.29, 1.82) is 0 Å². The topological polar surface area (TPSA) is 46.2 Å². The summed E-state index contributed by atoms with van der Waals surface area (Å²) in [7, 11) is -3.48. The molecule has 0 spiro atoms. The Morgan fingerprint density at radius 1 is 1.30 bits per heavy atom. The van der Waals surface area contributed by atoms with Gasteiger partial charge in [0.05, 0.1) is 4.90 Å². The van der Waals surface area contributed by atoms with Gasteiger partial charge in [-0.3, -0.25) is 0 Å². The molecule has 0 radical (unpaired) electrons. The van der Waals surface area contributed by atoms with E-state index in [0.29, 0.717) is 9.37 Å². The summed E-state index contributed by atoms with van der Waals surface area (Å²) in [6.45, 7) is 6.23. The van der Waals surface area contributed by atoms with E-state index in [0.717, 1.165) is 24.8 Å². The van der Waals surface area contributed by atoms with E-state index < -0.39 is 10.0 Å². The number of hydrogen-bond acceptors (Lipinski definition) is 2. The highest BCUT2D eigenvalue weighted by Gasteiger charge is 2.35. The minimum Gasteiger partial charge on any atom is -0.208 e. The molecule has 20 heavy (non-hydrogen) atoms. The van der Waals surface area contributed by atoms with Crippen LogP contribution in [-0.4, -0.2) is 14.5 Å². The number of nitrogens with one attached hydrogen (secondary N) is 1. The minimum absolute atomic E-state index is 0.00875. The lowest BCUT2D eigenvalue weighted by molar-refractivity contribution is 0.188. The van der Waals surface area contributed by atoms with Crippen molar-refractivity contribution >= 4 is 26.0 Å². The number of aryl methyl sites for hydroxylation is 1. The van der Waals surface area contributed by atoms with Crippen molar-refractivity contribution in [1.82, 2.24) is 4.72 Å². The van der Waals surface area contributed by atoms with Crippen LogP contribution in [0, 0.1) is 12.3 Å². The Morgan fingerprint density at radius 3 is 2.60 bits per heavy atom. The molecule has 112 valence electrons. The first-order valence-electron chi connectivity index (χ1n) is 7.01. The number of rotatable bonds is 3. The first-order chi connectivity index (χ1) is 9.22. The Bertz CT molecular complexity index is 596. The third-order valence-corrected chi connectivity index (χ3v) is 6.63. The Balaban J connectivity index is 2.27. The van der Waals surface area contributed by atoms with Crippen molar-refractivity contribution in [2.75, 3.05) is 0 Å². The van der Waals surface area contributed by atoms with Crippen LogP contribution in [0.15, 0.2) is 27.6 Å². The Labute approximate surface area is 130 Å². The molecule has 0 aromatic heterocycles. The van der Waals surface area contributed by atoms with Crippen LogP contribution >= 0.6 is 15.9 Å². The van der Waals surface area contributed by atoms with Crippen LogP contribution < -0.4 is 4.72 Å². The average molecular weight is 360 g/mol. The molecule has 1 aliphatic carbocycles. The van der Waals surface area contributed by atoms with Crippen molar-refractivity contribution in [2.45, 2.75) is 57.4 Å². The lowest BCUT2D eigenvalue weighted by Crippen LogP contribution is -2.46. The van der Waals surface area contributed by atoms with E-state index in [1.54, 1.807) is 6.07 Å². The fourth-order valence-corrected chi connectivity index (χ4v) is 5.42. The number of hydrogen-bond donors (Lipinski definition) is 1. The number of halogens is 1. The first kappa shape index (κ1) is 16.0. The summed E-state index contributed by atoms with van der Waals surface area (Å²) in [5.41, 5.74) is 1.05. The zero-order chi connectivity index (χ0) is 15.0. The lowest BCUT2D eigenvalue weighted by Gasteiger charge is -2.38. The highest BCUT2D eigenvalue weighted by atomic mass is 79.9. The highest BCUT2D eigenvalue weighted by molar-refractivity contribution is 9.10. The second-order valence-electron chi connectivity index (χ2n) is 6.34. The van der Waals surface area contributed by atoms with Crippen LogP contribution in [0.25, 0.3) is 0 Å². The summed E-state index contributed by atoms with van der Waals surface area (Å²) in [6, 6.07) is 5.33. The van der Waals surface area contributed by atoms with Crippen LogP contribution in [0.1, 0.15) is 45.1 Å². The summed E-state index contributed by atoms with van der Waals surface area (Å²) in [4.78, 5) is 0.324. The van der Waals surface area contributed by atoms with E-state index >= 15 is 0 Å². The minimum atomic E-state index is -3.48.